The summed E-state index contributed by atoms with van der Waals surface area (Å²) in [6.07, 6.45) is -5.12. The number of carboxylic acid groups (broad SMARTS) is 1. The van der Waals surface area contributed by atoms with Gasteiger partial charge < -0.3 is 56.0 Å². The number of amides is 2. The molecule has 56 heavy (non-hydrogen) atoms. The molecule has 0 spiro atoms. The van der Waals surface area contributed by atoms with Crippen LogP contribution in [-0.4, -0.2) is 134 Å². The standard InChI is InChI=1S/C26H40N7O19P3S/c1-26(2,21(39)24(40)29-7-6-15(34)28-8-9-56-17(37)5-3-4-16(35)36)11-49-55(46,47)52-54(44,45)48-10-14-20(51-53(41,42)43)19(38)25(50-14)33-13-32-18-22(27)30-12-31-23(18)33/h3,5,12-14,19-21,25,38-39H,4,6-11H2,1-2H3,(H,28,34)(H,29,40)(H,35,36)(H,44,45)(H,46,47)(H2,27,30,31)(H2,41,42,43)/b5-3+/t14-,19-,20-,21?,25-/m1/s1. The Bertz CT molecular complexity index is 1910. The molecule has 314 valence electrons. The van der Waals surface area contributed by atoms with E-state index < -0.39 is 95.6 Å². The van der Waals surface area contributed by atoms with Gasteiger partial charge in [0.2, 0.25) is 16.9 Å². The van der Waals surface area contributed by atoms with E-state index >= 15 is 0 Å². The fourth-order valence-corrected chi connectivity index (χ4v) is 8.01. The maximum absolute atomic E-state index is 12.7. The predicted molar refractivity (Wildman–Crippen MR) is 188 cm³/mol. The number of nitrogens with two attached hydrogens (primary N) is 1. The minimum Gasteiger partial charge on any atom is -0.481 e. The molecule has 1 aliphatic heterocycles. The zero-order valence-electron chi connectivity index (χ0n) is 29.3. The van der Waals surface area contributed by atoms with Crippen molar-refractivity contribution in [1.82, 2.24) is 30.2 Å². The molecule has 30 heteroatoms. The average molecular weight is 880 g/mol. The number of carbonyl (C=O) groups excluding carboxylic acids is 3. The van der Waals surface area contributed by atoms with Crippen LogP contribution in [0.25, 0.3) is 11.2 Å². The molecule has 2 aromatic rings. The Morgan fingerprint density at radius 1 is 1.07 bits per heavy atom. The lowest BCUT2D eigenvalue weighted by atomic mass is 9.87. The average Bonchev–Trinajstić information content (AvgIpc) is 3.64. The predicted octanol–water partition coefficient (Wildman–Crippen LogP) is -1.30. The van der Waals surface area contributed by atoms with Crippen LogP contribution in [0, 0.1) is 5.41 Å². The zero-order valence-corrected chi connectivity index (χ0v) is 32.8. The summed E-state index contributed by atoms with van der Waals surface area (Å²) in [6.45, 7) is 0.211. The summed E-state index contributed by atoms with van der Waals surface area (Å²) in [5.41, 5.74) is 4.20. The Kier molecular flexibility index (Phi) is 16.8. The second-order valence-corrected chi connectivity index (χ2v) is 17.6. The van der Waals surface area contributed by atoms with Crippen LogP contribution in [0.4, 0.5) is 5.82 Å². The highest BCUT2D eigenvalue weighted by Gasteiger charge is 2.50. The number of phosphoric ester groups is 3. The third kappa shape index (κ3) is 14.6. The number of phosphoric acid groups is 3. The lowest BCUT2D eigenvalue weighted by Crippen LogP contribution is -2.46. The second-order valence-electron chi connectivity index (χ2n) is 12.2. The van der Waals surface area contributed by atoms with Crippen LogP contribution in [0.1, 0.15) is 32.9 Å². The molecule has 3 unspecified atom stereocenters. The van der Waals surface area contributed by atoms with Gasteiger partial charge >= 0.3 is 29.4 Å². The molecular formula is C26H40N7O19P3S. The molecule has 1 fully saturated rings. The number of nitrogen functional groups attached to an aromatic ring is 1. The number of carbonyl (C=O) groups is 4. The molecular weight excluding hydrogens is 839 g/mol. The fraction of sp³-hybridized carbons (Fsp3) is 0.577. The van der Waals surface area contributed by atoms with Gasteiger partial charge in [-0.05, 0) is 6.08 Å². The number of hydrogen-bond acceptors (Lipinski definition) is 19. The Hall–Kier alpha value is -3.23. The van der Waals surface area contributed by atoms with E-state index in [1.54, 1.807) is 0 Å². The van der Waals surface area contributed by atoms with E-state index in [2.05, 4.69) is 34.4 Å². The summed E-state index contributed by atoms with van der Waals surface area (Å²) in [5.74, 6) is -2.50. The van der Waals surface area contributed by atoms with Gasteiger partial charge in [0, 0.05) is 30.7 Å². The van der Waals surface area contributed by atoms with Crippen molar-refractivity contribution < 1.29 is 90.4 Å². The number of nitrogens with one attached hydrogen (secondary N) is 2. The number of rotatable bonds is 22. The van der Waals surface area contributed by atoms with Gasteiger partial charge in [0.15, 0.2) is 17.7 Å². The van der Waals surface area contributed by atoms with E-state index in [0.29, 0.717) is 0 Å². The van der Waals surface area contributed by atoms with E-state index in [9.17, 15) is 62.7 Å². The number of aliphatic carboxylic acids is 1. The van der Waals surface area contributed by atoms with Crippen molar-refractivity contribution in [2.45, 2.75) is 57.3 Å². The van der Waals surface area contributed by atoms with Crippen LogP contribution in [-0.2, 0) is 55.5 Å². The minimum absolute atomic E-state index is 0.0192. The highest BCUT2D eigenvalue weighted by atomic mass is 32.2. The Balaban J connectivity index is 1.48. The van der Waals surface area contributed by atoms with Crippen molar-refractivity contribution in [3.8, 4) is 0 Å². The fourth-order valence-electron chi connectivity index (χ4n) is 4.59. The Labute approximate surface area is 320 Å². The van der Waals surface area contributed by atoms with E-state index in [1.165, 1.54) is 19.9 Å². The van der Waals surface area contributed by atoms with Gasteiger partial charge in [-0.3, -0.25) is 37.3 Å². The van der Waals surface area contributed by atoms with Crippen molar-refractivity contribution in [2.75, 3.05) is 37.8 Å². The molecule has 7 atom stereocenters. The van der Waals surface area contributed by atoms with Crippen molar-refractivity contribution in [1.29, 1.82) is 0 Å². The van der Waals surface area contributed by atoms with Crippen molar-refractivity contribution in [2.24, 2.45) is 5.41 Å². The second kappa shape index (κ2) is 20.0. The number of aliphatic hydroxyl groups excluding tert-OH is 2. The number of aromatic nitrogens is 4. The molecule has 0 aromatic carbocycles. The van der Waals surface area contributed by atoms with Crippen molar-refractivity contribution in [3.05, 3.63) is 24.8 Å². The van der Waals surface area contributed by atoms with Crippen LogP contribution in [0.15, 0.2) is 24.8 Å². The number of aliphatic hydroxyl groups is 2. The summed E-state index contributed by atoms with van der Waals surface area (Å²) in [4.78, 5) is 97.4. The molecule has 1 aliphatic rings. The van der Waals surface area contributed by atoms with Crippen LogP contribution >= 0.6 is 35.2 Å². The quantitative estimate of drug-likeness (QED) is 0.0373. The SMILES string of the molecule is CC(C)(COP(=O)(O)OP(=O)(O)OC[C@H]1O[C@@H](n2cnc3c(N)ncnc32)[C@H](O)[C@@H]1OP(=O)(O)O)C(O)C(=O)NCCC(=O)NCCSC(=O)/C=C/CC(=O)O. The smallest absolute Gasteiger partial charge is 0.481 e. The van der Waals surface area contributed by atoms with Crippen molar-refractivity contribution >= 4 is 75.1 Å². The topological polar surface area (TPSA) is 401 Å². The summed E-state index contributed by atoms with van der Waals surface area (Å²) >= 11 is 0.842. The maximum atomic E-state index is 12.7. The van der Waals surface area contributed by atoms with Crippen molar-refractivity contribution in [3.63, 3.8) is 0 Å². The lowest BCUT2D eigenvalue weighted by molar-refractivity contribution is -0.137. The highest BCUT2D eigenvalue weighted by molar-refractivity contribution is 8.14. The van der Waals surface area contributed by atoms with Gasteiger partial charge in [0.05, 0.1) is 26.0 Å². The van der Waals surface area contributed by atoms with Gasteiger partial charge in [-0.25, -0.2) is 28.6 Å². The first-order valence-electron chi connectivity index (χ1n) is 15.9. The number of anilines is 1. The molecule has 2 amide bonds. The number of carboxylic acids is 1. The Morgan fingerprint density at radius 3 is 2.41 bits per heavy atom. The molecule has 0 bridgehead atoms. The number of thioether (sulfide) groups is 1. The molecule has 0 radical (unpaired) electrons. The molecule has 3 rings (SSSR count). The van der Waals surface area contributed by atoms with Gasteiger partial charge in [-0.1, -0.05) is 31.7 Å². The first kappa shape index (κ1) is 47.1. The molecule has 3 heterocycles. The summed E-state index contributed by atoms with van der Waals surface area (Å²) < 4.78 is 61.9. The van der Waals surface area contributed by atoms with Crippen LogP contribution in [0.2, 0.25) is 0 Å². The third-order valence-corrected chi connectivity index (χ3v) is 11.2. The monoisotopic (exact) mass is 879 g/mol. The molecule has 0 aliphatic carbocycles. The Morgan fingerprint density at radius 2 is 1.75 bits per heavy atom. The van der Waals surface area contributed by atoms with E-state index in [0.717, 1.165) is 35.1 Å². The lowest BCUT2D eigenvalue weighted by Gasteiger charge is -2.30. The normalized spacial score (nSPS) is 21.7. The number of ether oxygens (including phenoxy) is 1. The zero-order chi connectivity index (χ0) is 42.1. The molecule has 0 saturated carbocycles. The van der Waals surface area contributed by atoms with Gasteiger partial charge in [0.25, 0.3) is 0 Å². The van der Waals surface area contributed by atoms with Crippen LogP contribution in [0.3, 0.4) is 0 Å². The van der Waals surface area contributed by atoms with E-state index in [1.807, 2.05) is 0 Å². The number of hydrogen-bond donors (Lipinski definition) is 10. The van der Waals surface area contributed by atoms with Gasteiger partial charge in [-0.15, -0.1) is 0 Å². The first-order chi connectivity index (χ1) is 25.9. The number of fused-ring (bicyclic) bond motifs is 1. The number of imidazole rings is 1. The van der Waals surface area contributed by atoms with Gasteiger partial charge in [0.1, 0.15) is 36.3 Å². The summed E-state index contributed by atoms with van der Waals surface area (Å²) in [6, 6.07) is 0. The van der Waals surface area contributed by atoms with E-state index in [-0.39, 0.29) is 48.7 Å². The third-order valence-electron chi connectivity index (χ3n) is 7.29. The first-order valence-corrected chi connectivity index (χ1v) is 21.4. The summed E-state index contributed by atoms with van der Waals surface area (Å²) in [5, 5.41) is 34.3. The number of nitrogens with zero attached hydrogens (tertiary/aromatic N) is 4. The minimum atomic E-state index is -5.59. The largest absolute Gasteiger partial charge is 0.481 e. The molecule has 26 nitrogen and oxygen atoms in total. The maximum Gasteiger partial charge on any atom is 0.481 e. The molecule has 11 N–H and O–H groups in total. The molecule has 1 saturated heterocycles. The van der Waals surface area contributed by atoms with Crippen LogP contribution in [0.5, 0.6) is 0 Å². The van der Waals surface area contributed by atoms with Crippen LogP contribution < -0.4 is 16.4 Å². The summed E-state index contributed by atoms with van der Waals surface area (Å²) in [7, 11) is -16.4. The van der Waals surface area contributed by atoms with Gasteiger partial charge in [-0.2, -0.15) is 4.31 Å². The van der Waals surface area contributed by atoms with E-state index in [4.69, 9.17) is 24.6 Å². The molecule has 2 aromatic heterocycles. The highest BCUT2D eigenvalue weighted by Crippen LogP contribution is 2.61.